The predicted octanol–water partition coefficient (Wildman–Crippen LogP) is 4.21. The zero-order valence-corrected chi connectivity index (χ0v) is 22.1. The molecule has 3 amide bonds. The van der Waals surface area contributed by atoms with E-state index in [2.05, 4.69) is 5.32 Å². The smallest absolute Gasteiger partial charge is 0.416 e. The molecule has 12 heteroatoms. The Labute approximate surface area is 229 Å². The summed E-state index contributed by atoms with van der Waals surface area (Å²) in [7, 11) is 1.51. The maximum atomic E-state index is 13.3. The molecule has 0 saturated carbocycles. The Morgan fingerprint density at radius 2 is 1.68 bits per heavy atom. The molecule has 1 saturated heterocycles. The second-order valence-corrected chi connectivity index (χ2v) is 9.57. The van der Waals surface area contributed by atoms with Gasteiger partial charge < -0.3 is 15.0 Å². The minimum atomic E-state index is -4.53. The predicted molar refractivity (Wildman–Crippen MR) is 137 cm³/mol. The SMILES string of the molecule is CCOC(=O)C1=C(CN2CCCN(C(=O)c3ccc(F)cc3)CC2)N(C)C(=O)N[C@@H]1c1ccc(C(F)(F)F)cc1. The van der Waals surface area contributed by atoms with Crippen LogP contribution >= 0.6 is 0 Å². The molecule has 0 aliphatic carbocycles. The summed E-state index contributed by atoms with van der Waals surface area (Å²) in [6.45, 7) is 3.72. The Hall–Kier alpha value is -3.93. The van der Waals surface area contributed by atoms with E-state index in [4.69, 9.17) is 4.74 Å². The molecular weight excluding hydrogens is 532 g/mol. The molecule has 0 unspecified atom stereocenters. The molecular formula is C28H30F4N4O4. The normalized spacial score (nSPS) is 18.9. The Kier molecular flexibility index (Phi) is 8.77. The highest BCUT2D eigenvalue weighted by molar-refractivity contribution is 5.95. The molecule has 0 bridgehead atoms. The van der Waals surface area contributed by atoms with Gasteiger partial charge in [-0.25, -0.2) is 14.0 Å². The van der Waals surface area contributed by atoms with Crippen molar-refractivity contribution in [3.05, 3.63) is 82.3 Å². The highest BCUT2D eigenvalue weighted by atomic mass is 19.4. The first-order valence-corrected chi connectivity index (χ1v) is 12.9. The minimum absolute atomic E-state index is 0.0666. The van der Waals surface area contributed by atoms with Crippen molar-refractivity contribution in [3.8, 4) is 0 Å². The molecule has 2 aliphatic heterocycles. The number of rotatable bonds is 6. The lowest BCUT2D eigenvalue weighted by molar-refractivity contribution is -0.139. The second kappa shape index (κ2) is 12.1. The summed E-state index contributed by atoms with van der Waals surface area (Å²) in [5, 5.41) is 2.70. The number of nitrogens with one attached hydrogen (secondary N) is 1. The summed E-state index contributed by atoms with van der Waals surface area (Å²) in [5.41, 5.74) is 0.339. The first-order valence-electron chi connectivity index (χ1n) is 12.9. The lowest BCUT2D eigenvalue weighted by Crippen LogP contribution is -2.49. The van der Waals surface area contributed by atoms with Gasteiger partial charge >= 0.3 is 18.2 Å². The molecule has 2 aromatic rings. The topological polar surface area (TPSA) is 82.2 Å². The molecule has 214 valence electrons. The number of urea groups is 1. The Morgan fingerprint density at radius 3 is 2.30 bits per heavy atom. The van der Waals surface area contributed by atoms with Crippen LogP contribution in [-0.4, -0.2) is 79.0 Å². The number of hydrogen-bond donors (Lipinski definition) is 1. The second-order valence-electron chi connectivity index (χ2n) is 9.57. The van der Waals surface area contributed by atoms with E-state index in [0.717, 1.165) is 12.1 Å². The van der Waals surface area contributed by atoms with E-state index in [0.29, 0.717) is 49.4 Å². The lowest BCUT2D eigenvalue weighted by atomic mass is 9.93. The number of amides is 3. The summed E-state index contributed by atoms with van der Waals surface area (Å²) >= 11 is 0. The van der Waals surface area contributed by atoms with E-state index in [-0.39, 0.29) is 24.6 Å². The van der Waals surface area contributed by atoms with E-state index in [1.165, 1.54) is 48.3 Å². The quantitative estimate of drug-likeness (QED) is 0.422. The fourth-order valence-corrected chi connectivity index (χ4v) is 4.83. The first kappa shape index (κ1) is 29.1. The van der Waals surface area contributed by atoms with Gasteiger partial charge in [0.25, 0.3) is 5.91 Å². The molecule has 2 aliphatic rings. The average Bonchev–Trinajstić information content (AvgIpc) is 3.16. The van der Waals surface area contributed by atoms with Gasteiger partial charge in [0, 0.05) is 51.0 Å². The highest BCUT2D eigenvalue weighted by Gasteiger charge is 2.38. The number of nitrogens with zero attached hydrogens (tertiary/aromatic N) is 3. The third kappa shape index (κ3) is 6.44. The van der Waals surface area contributed by atoms with Gasteiger partial charge in [0.1, 0.15) is 5.82 Å². The van der Waals surface area contributed by atoms with E-state index in [9.17, 15) is 31.9 Å². The number of halogens is 4. The molecule has 1 fully saturated rings. The van der Waals surface area contributed by atoms with Crippen LogP contribution in [0.15, 0.2) is 59.8 Å². The Bertz CT molecular complexity index is 1280. The number of carbonyl (C=O) groups excluding carboxylic acids is 3. The first-order chi connectivity index (χ1) is 19.0. The summed E-state index contributed by atoms with van der Waals surface area (Å²) in [6.07, 6.45) is -3.91. The number of hydrogen-bond acceptors (Lipinski definition) is 5. The van der Waals surface area contributed by atoms with Crippen LogP contribution in [0.1, 0.15) is 40.9 Å². The standard InChI is InChI=1S/C28H30F4N4O4/c1-3-40-26(38)23-22(34(2)27(39)33-24(23)18-5-9-20(10-6-18)28(30,31)32)17-35-13-4-14-36(16-15-35)25(37)19-7-11-21(29)12-8-19/h5-12,24H,3-4,13-17H2,1-2H3,(H,33,39)/t24-/m1/s1. The average molecular weight is 563 g/mol. The van der Waals surface area contributed by atoms with Crippen LogP contribution in [0.25, 0.3) is 0 Å². The highest BCUT2D eigenvalue weighted by Crippen LogP contribution is 2.34. The van der Waals surface area contributed by atoms with Gasteiger partial charge in [-0.05, 0) is 55.3 Å². The zero-order valence-electron chi connectivity index (χ0n) is 22.1. The summed E-state index contributed by atoms with van der Waals surface area (Å²) < 4.78 is 57.9. The van der Waals surface area contributed by atoms with E-state index >= 15 is 0 Å². The van der Waals surface area contributed by atoms with Crippen molar-refractivity contribution in [2.45, 2.75) is 25.6 Å². The van der Waals surface area contributed by atoms with Crippen LogP contribution in [0.4, 0.5) is 22.4 Å². The molecule has 4 rings (SSSR count). The number of ether oxygens (including phenoxy) is 1. The van der Waals surface area contributed by atoms with Crippen LogP contribution in [0.2, 0.25) is 0 Å². The van der Waals surface area contributed by atoms with E-state index < -0.39 is 35.6 Å². The molecule has 8 nitrogen and oxygen atoms in total. The molecule has 2 heterocycles. The molecule has 0 aromatic heterocycles. The van der Waals surface area contributed by atoms with Crippen molar-refractivity contribution in [2.24, 2.45) is 0 Å². The monoisotopic (exact) mass is 562 g/mol. The summed E-state index contributed by atoms with van der Waals surface area (Å²) in [4.78, 5) is 44.0. The lowest BCUT2D eigenvalue weighted by Gasteiger charge is -2.36. The molecule has 2 aromatic carbocycles. The van der Waals surface area contributed by atoms with Crippen LogP contribution in [0, 0.1) is 5.82 Å². The molecule has 0 radical (unpaired) electrons. The number of esters is 1. The fraction of sp³-hybridized carbons (Fsp3) is 0.393. The number of alkyl halides is 3. The van der Waals surface area contributed by atoms with Gasteiger partial charge in [-0.3, -0.25) is 14.6 Å². The summed E-state index contributed by atoms with van der Waals surface area (Å²) in [5.74, 6) is -1.33. The Balaban J connectivity index is 1.60. The molecule has 1 atom stereocenters. The third-order valence-corrected chi connectivity index (χ3v) is 6.98. The minimum Gasteiger partial charge on any atom is -0.463 e. The van der Waals surface area contributed by atoms with Gasteiger partial charge in [-0.1, -0.05) is 12.1 Å². The zero-order chi connectivity index (χ0) is 29.0. The van der Waals surface area contributed by atoms with Crippen molar-refractivity contribution in [3.63, 3.8) is 0 Å². The van der Waals surface area contributed by atoms with Gasteiger partial charge in [-0.2, -0.15) is 13.2 Å². The van der Waals surface area contributed by atoms with Crippen molar-refractivity contribution in [1.29, 1.82) is 0 Å². The van der Waals surface area contributed by atoms with Crippen molar-refractivity contribution < 1.29 is 36.7 Å². The maximum absolute atomic E-state index is 13.3. The molecule has 0 spiro atoms. The third-order valence-electron chi connectivity index (χ3n) is 6.98. The van der Waals surface area contributed by atoms with Gasteiger partial charge in [-0.15, -0.1) is 0 Å². The van der Waals surface area contributed by atoms with Gasteiger partial charge in [0.2, 0.25) is 0 Å². The fourth-order valence-electron chi connectivity index (χ4n) is 4.83. The van der Waals surface area contributed by atoms with Crippen LogP contribution in [-0.2, 0) is 15.7 Å². The van der Waals surface area contributed by atoms with Crippen molar-refractivity contribution >= 4 is 17.9 Å². The van der Waals surface area contributed by atoms with Crippen LogP contribution in [0.3, 0.4) is 0 Å². The largest absolute Gasteiger partial charge is 0.463 e. The van der Waals surface area contributed by atoms with E-state index in [1.807, 2.05) is 4.90 Å². The van der Waals surface area contributed by atoms with Crippen LogP contribution in [0.5, 0.6) is 0 Å². The van der Waals surface area contributed by atoms with E-state index in [1.54, 1.807) is 11.8 Å². The van der Waals surface area contributed by atoms with Crippen molar-refractivity contribution in [2.75, 3.05) is 46.4 Å². The molecule has 40 heavy (non-hydrogen) atoms. The summed E-state index contributed by atoms with van der Waals surface area (Å²) in [6, 6.07) is 8.10. The number of likely N-dealkylation sites (N-methyl/N-ethyl adjacent to an activating group) is 1. The van der Waals surface area contributed by atoms with Crippen molar-refractivity contribution in [1.82, 2.24) is 20.0 Å². The molecule has 1 N–H and O–H groups in total. The van der Waals surface area contributed by atoms with Gasteiger partial charge in [0.15, 0.2) is 0 Å². The number of benzene rings is 2. The number of carbonyl (C=O) groups is 3. The van der Waals surface area contributed by atoms with Gasteiger partial charge in [0.05, 0.1) is 23.8 Å². The Morgan fingerprint density at radius 1 is 1.00 bits per heavy atom. The maximum Gasteiger partial charge on any atom is 0.416 e. The van der Waals surface area contributed by atoms with Crippen LogP contribution < -0.4 is 5.32 Å².